The minimum Gasteiger partial charge on any atom is -0.443 e. The number of carbonyl (C=O) groups excluding carboxylic acids is 1. The molecule has 6 nitrogen and oxygen atoms in total. The van der Waals surface area contributed by atoms with Crippen LogP contribution in [0.4, 0.5) is 4.79 Å². The highest BCUT2D eigenvalue weighted by molar-refractivity contribution is 5.70. The first-order chi connectivity index (χ1) is 13.9. The molecule has 2 saturated heterocycles. The van der Waals surface area contributed by atoms with Gasteiger partial charge in [-0.1, -0.05) is 12.2 Å². The Morgan fingerprint density at radius 3 is 2.17 bits per heavy atom. The third kappa shape index (κ3) is 10.8. The summed E-state index contributed by atoms with van der Waals surface area (Å²) in [7, 11) is 0. The third-order valence-electron chi connectivity index (χ3n) is 5.38. The molecule has 0 aliphatic carbocycles. The van der Waals surface area contributed by atoms with Gasteiger partial charge in [-0.05, 0) is 97.0 Å². The summed E-state index contributed by atoms with van der Waals surface area (Å²) in [5, 5.41) is 6.80. The molecule has 0 spiro atoms. The van der Waals surface area contributed by atoms with Gasteiger partial charge in [-0.2, -0.15) is 0 Å². The van der Waals surface area contributed by atoms with E-state index in [0.29, 0.717) is 6.54 Å². The molecule has 2 fully saturated rings. The Morgan fingerprint density at radius 2 is 1.62 bits per heavy atom. The molecule has 6 heteroatoms. The van der Waals surface area contributed by atoms with Crippen LogP contribution in [0.3, 0.4) is 0 Å². The minimum atomic E-state index is -0.425. The smallest absolute Gasteiger partial charge is 0.414 e. The van der Waals surface area contributed by atoms with E-state index in [9.17, 15) is 4.79 Å². The summed E-state index contributed by atoms with van der Waals surface area (Å²) in [5.41, 5.74) is -0.425. The van der Waals surface area contributed by atoms with E-state index in [-0.39, 0.29) is 6.09 Å². The van der Waals surface area contributed by atoms with Gasteiger partial charge in [0.2, 0.25) is 0 Å². The Balaban J connectivity index is 0.000000212. The molecule has 3 aliphatic rings. The van der Waals surface area contributed by atoms with E-state index in [1.165, 1.54) is 63.2 Å². The molecule has 0 unspecified atom stereocenters. The molecule has 3 heterocycles. The monoisotopic (exact) mass is 407 g/mol. The highest BCUT2D eigenvalue weighted by Gasteiger charge is 2.20. The number of hydrogen-bond donors (Lipinski definition) is 2. The fourth-order valence-corrected chi connectivity index (χ4v) is 3.64. The lowest BCUT2D eigenvalue weighted by Gasteiger charge is -2.25. The molecule has 2 N–H and O–H groups in total. The molecule has 0 aromatic heterocycles. The molecule has 166 valence electrons. The van der Waals surface area contributed by atoms with Crippen LogP contribution < -0.4 is 10.6 Å². The second kappa shape index (κ2) is 13.0. The van der Waals surface area contributed by atoms with E-state index >= 15 is 0 Å². The van der Waals surface area contributed by atoms with Gasteiger partial charge >= 0.3 is 6.09 Å². The van der Waals surface area contributed by atoms with E-state index in [4.69, 9.17) is 9.47 Å². The highest BCUT2D eigenvalue weighted by atomic mass is 16.6. The molecular formula is C23H41N3O3. The summed E-state index contributed by atoms with van der Waals surface area (Å²) >= 11 is 0. The van der Waals surface area contributed by atoms with Crippen molar-refractivity contribution in [2.75, 3.05) is 45.9 Å². The summed E-state index contributed by atoms with van der Waals surface area (Å²) in [6, 6.07) is 0. The maximum Gasteiger partial charge on any atom is 0.414 e. The first kappa shape index (κ1) is 23.9. The van der Waals surface area contributed by atoms with E-state index in [0.717, 1.165) is 25.0 Å². The van der Waals surface area contributed by atoms with Gasteiger partial charge in [0.15, 0.2) is 0 Å². The van der Waals surface area contributed by atoms with Crippen LogP contribution in [0.5, 0.6) is 0 Å². The Labute approximate surface area is 177 Å². The summed E-state index contributed by atoms with van der Waals surface area (Å²) in [6.07, 6.45) is 13.6. The van der Waals surface area contributed by atoms with Crippen molar-refractivity contribution < 1.29 is 14.3 Å². The largest absolute Gasteiger partial charge is 0.443 e. The van der Waals surface area contributed by atoms with Crippen molar-refractivity contribution in [3.63, 3.8) is 0 Å². The van der Waals surface area contributed by atoms with Crippen LogP contribution in [0, 0.1) is 11.8 Å². The minimum absolute atomic E-state index is 0.298. The maximum atomic E-state index is 11.4. The topological polar surface area (TPSA) is 62.8 Å². The van der Waals surface area contributed by atoms with E-state index in [1.807, 2.05) is 39.0 Å². The number of allylic oxidation sites excluding steroid dienone is 2. The van der Waals surface area contributed by atoms with Gasteiger partial charge in [-0.25, -0.2) is 4.79 Å². The van der Waals surface area contributed by atoms with Crippen LogP contribution in [-0.4, -0.2) is 62.5 Å². The van der Waals surface area contributed by atoms with Crippen LogP contribution in [0.2, 0.25) is 0 Å². The highest BCUT2D eigenvalue weighted by Crippen LogP contribution is 2.17. The van der Waals surface area contributed by atoms with Crippen LogP contribution in [0.25, 0.3) is 0 Å². The second-order valence-corrected chi connectivity index (χ2v) is 9.15. The van der Waals surface area contributed by atoms with Crippen LogP contribution >= 0.6 is 0 Å². The molecule has 0 radical (unpaired) electrons. The lowest BCUT2D eigenvalue weighted by atomic mass is 9.95. The lowest BCUT2D eigenvalue weighted by Crippen LogP contribution is -2.34. The zero-order valence-electron chi connectivity index (χ0n) is 18.6. The summed E-state index contributed by atoms with van der Waals surface area (Å²) in [5.74, 6) is 1.73. The van der Waals surface area contributed by atoms with Gasteiger partial charge in [0.05, 0.1) is 0 Å². The molecule has 0 saturated carbocycles. The first-order valence-electron chi connectivity index (χ1n) is 11.3. The number of hydrogen-bond acceptors (Lipinski definition) is 5. The standard InChI is InChI=1S/C13H26N2O.C10H15NO2/c1-6-14-7-2-12(1)5-10-16-11-13-3-8-15-9-4-13;1-10(2,3)13-9(12)11-7-5-4-6-8-11/h12-15H,1-11H2;4-7H,8H2,1-3H3. The van der Waals surface area contributed by atoms with E-state index < -0.39 is 5.60 Å². The fraction of sp³-hybridized carbons (Fsp3) is 0.783. The number of piperidine rings is 2. The van der Waals surface area contributed by atoms with E-state index in [1.54, 1.807) is 6.20 Å². The lowest BCUT2D eigenvalue weighted by molar-refractivity contribution is 0.0350. The molecule has 0 atom stereocenters. The Hall–Kier alpha value is -1.37. The number of nitrogens with one attached hydrogen (secondary N) is 2. The van der Waals surface area contributed by atoms with Crippen molar-refractivity contribution in [2.24, 2.45) is 11.8 Å². The molecule has 3 aliphatic heterocycles. The zero-order chi connectivity index (χ0) is 21.0. The molecule has 29 heavy (non-hydrogen) atoms. The second-order valence-electron chi connectivity index (χ2n) is 9.15. The average molecular weight is 408 g/mol. The maximum absolute atomic E-state index is 11.4. The SMILES string of the molecule is C1CC(CCOCC2CCNCC2)CCN1.CC(C)(C)OC(=O)N1C=CC=CC1. The molecule has 0 bridgehead atoms. The molecular weight excluding hydrogens is 366 g/mol. The molecule has 1 amide bonds. The number of amides is 1. The van der Waals surface area contributed by atoms with Crippen molar-refractivity contribution in [1.29, 1.82) is 0 Å². The number of nitrogens with zero attached hydrogens (tertiary/aromatic N) is 1. The van der Waals surface area contributed by atoms with Crippen LogP contribution in [-0.2, 0) is 9.47 Å². The van der Waals surface area contributed by atoms with Gasteiger partial charge in [-0.15, -0.1) is 0 Å². The van der Waals surface area contributed by atoms with Crippen molar-refractivity contribution in [1.82, 2.24) is 15.5 Å². The quantitative estimate of drug-likeness (QED) is 0.681. The van der Waals surface area contributed by atoms with E-state index in [2.05, 4.69) is 10.6 Å². The van der Waals surface area contributed by atoms with Gasteiger partial charge in [0.25, 0.3) is 0 Å². The van der Waals surface area contributed by atoms with Crippen molar-refractivity contribution in [3.05, 3.63) is 24.4 Å². The van der Waals surface area contributed by atoms with Crippen LogP contribution in [0.1, 0.15) is 52.9 Å². The number of ether oxygens (including phenoxy) is 2. The van der Waals surface area contributed by atoms with Crippen LogP contribution in [0.15, 0.2) is 24.4 Å². The molecule has 3 rings (SSSR count). The summed E-state index contributed by atoms with van der Waals surface area (Å²) < 4.78 is 11.0. The fourth-order valence-electron chi connectivity index (χ4n) is 3.64. The average Bonchev–Trinajstić information content (AvgIpc) is 2.73. The van der Waals surface area contributed by atoms with Gasteiger partial charge in [0, 0.05) is 26.0 Å². The zero-order valence-corrected chi connectivity index (χ0v) is 18.6. The van der Waals surface area contributed by atoms with Crippen molar-refractivity contribution >= 4 is 6.09 Å². The Morgan fingerprint density at radius 1 is 1.00 bits per heavy atom. The molecule has 0 aromatic carbocycles. The van der Waals surface area contributed by atoms with Crippen molar-refractivity contribution in [3.8, 4) is 0 Å². The normalized spacial score (nSPS) is 20.9. The predicted molar refractivity (Wildman–Crippen MR) is 118 cm³/mol. The third-order valence-corrected chi connectivity index (χ3v) is 5.38. The van der Waals surface area contributed by atoms with Crippen molar-refractivity contribution in [2.45, 2.75) is 58.5 Å². The van der Waals surface area contributed by atoms with Gasteiger partial charge in [-0.3, -0.25) is 4.90 Å². The Kier molecular flexibility index (Phi) is 10.7. The molecule has 0 aromatic rings. The predicted octanol–water partition coefficient (Wildman–Crippen LogP) is 3.70. The number of rotatable bonds is 5. The Bertz CT molecular complexity index is 496. The van der Waals surface area contributed by atoms with Gasteiger partial charge < -0.3 is 20.1 Å². The summed E-state index contributed by atoms with van der Waals surface area (Å²) in [4.78, 5) is 13.0. The first-order valence-corrected chi connectivity index (χ1v) is 11.3. The van der Waals surface area contributed by atoms with Gasteiger partial charge in [0.1, 0.15) is 5.60 Å². The summed E-state index contributed by atoms with van der Waals surface area (Å²) in [6.45, 7) is 12.9. The number of carbonyl (C=O) groups is 1.